The number of likely N-dealkylation sites (tertiary alicyclic amines) is 1. The summed E-state index contributed by atoms with van der Waals surface area (Å²) in [4.78, 5) is 1.91. The van der Waals surface area contributed by atoms with Crippen LogP contribution in [0.4, 0.5) is 0 Å². The summed E-state index contributed by atoms with van der Waals surface area (Å²) in [7, 11) is 0. The average Bonchev–Trinajstić information content (AvgIpc) is 2.50. The zero-order valence-electron chi connectivity index (χ0n) is 14.4. The molecule has 0 aromatic carbocycles. The van der Waals surface area contributed by atoms with Crippen molar-refractivity contribution in [2.75, 3.05) is 19.7 Å². The summed E-state index contributed by atoms with van der Waals surface area (Å²) < 4.78 is 0. The van der Waals surface area contributed by atoms with E-state index < -0.39 is 24.4 Å². The van der Waals surface area contributed by atoms with Crippen LogP contribution in [0.15, 0.2) is 0 Å². The molecule has 5 heteroatoms. The average molecular weight is 317 g/mol. The molecule has 1 aliphatic rings. The Hall–Kier alpha value is -0.200. The van der Waals surface area contributed by atoms with Crippen molar-refractivity contribution in [1.82, 2.24) is 4.90 Å². The highest BCUT2D eigenvalue weighted by molar-refractivity contribution is 4.94. The molecule has 1 fully saturated rings. The Morgan fingerprint density at radius 3 is 2.23 bits per heavy atom. The Kier molecular flexibility index (Phi) is 8.87. The maximum atomic E-state index is 9.96. The minimum Gasteiger partial charge on any atom is -0.395 e. The summed E-state index contributed by atoms with van der Waals surface area (Å²) in [5.41, 5.74) is 0. The molecule has 1 saturated heterocycles. The molecule has 0 bridgehead atoms. The van der Waals surface area contributed by atoms with Gasteiger partial charge >= 0.3 is 0 Å². The first-order valence-corrected chi connectivity index (χ1v) is 8.79. The molecule has 0 aromatic rings. The zero-order valence-corrected chi connectivity index (χ0v) is 14.4. The molecule has 6 atom stereocenters. The first-order valence-electron chi connectivity index (χ1n) is 8.79. The molecule has 1 heterocycles. The molecule has 0 aliphatic carbocycles. The van der Waals surface area contributed by atoms with Crippen molar-refractivity contribution in [2.24, 2.45) is 11.8 Å². The fraction of sp³-hybridized carbons (Fsp3) is 1.00. The van der Waals surface area contributed by atoms with Gasteiger partial charge in [-0.3, -0.25) is 4.90 Å². The second-order valence-electron chi connectivity index (χ2n) is 7.13. The molecular formula is C17H35NO4. The number of hydrogen-bond acceptors (Lipinski definition) is 5. The van der Waals surface area contributed by atoms with Crippen LogP contribution in [0, 0.1) is 11.8 Å². The molecule has 4 N–H and O–H groups in total. The van der Waals surface area contributed by atoms with E-state index in [2.05, 4.69) is 20.8 Å². The van der Waals surface area contributed by atoms with Gasteiger partial charge in [-0.05, 0) is 24.8 Å². The third kappa shape index (κ3) is 5.78. The number of aliphatic hydroxyl groups excluding tert-OH is 4. The summed E-state index contributed by atoms with van der Waals surface area (Å²) in [6, 6.07) is -0.481. The van der Waals surface area contributed by atoms with E-state index in [1.165, 1.54) is 25.7 Å². The molecule has 132 valence electrons. The molecule has 22 heavy (non-hydrogen) atoms. The van der Waals surface area contributed by atoms with Gasteiger partial charge in [0.05, 0.1) is 18.8 Å². The lowest BCUT2D eigenvalue weighted by atomic mass is 9.92. The summed E-state index contributed by atoms with van der Waals surface area (Å²) >= 11 is 0. The van der Waals surface area contributed by atoms with E-state index >= 15 is 0 Å². The van der Waals surface area contributed by atoms with Crippen molar-refractivity contribution in [3.05, 3.63) is 0 Å². The van der Waals surface area contributed by atoms with Gasteiger partial charge in [-0.15, -0.1) is 0 Å². The maximum Gasteiger partial charge on any atom is 0.109 e. The largest absolute Gasteiger partial charge is 0.395 e. The minimum atomic E-state index is -1.17. The summed E-state index contributed by atoms with van der Waals surface area (Å²) in [5.74, 6) is 1.38. The van der Waals surface area contributed by atoms with Crippen molar-refractivity contribution in [1.29, 1.82) is 0 Å². The molecule has 1 rings (SSSR count). The lowest BCUT2D eigenvalue weighted by Gasteiger charge is -2.43. The standard InChI is InChI=1S/C17H35NO4/c1-4-12(2)6-5-7-13(3)8-9-18-10-15(20)17(22)16(21)14(18)11-19/h12-17,19-22H,4-11H2,1-3H3/t12?,13-,14-,15+,16-,17-/m1/s1. The lowest BCUT2D eigenvalue weighted by molar-refractivity contribution is -0.145. The van der Waals surface area contributed by atoms with Gasteiger partial charge < -0.3 is 20.4 Å². The van der Waals surface area contributed by atoms with Gasteiger partial charge in [-0.1, -0.05) is 46.5 Å². The molecule has 0 amide bonds. The van der Waals surface area contributed by atoms with Crippen molar-refractivity contribution in [3.63, 3.8) is 0 Å². The van der Waals surface area contributed by atoms with E-state index in [1.54, 1.807) is 0 Å². The third-order valence-electron chi connectivity index (χ3n) is 5.22. The molecule has 1 aliphatic heterocycles. The Bertz CT molecular complexity index is 302. The highest BCUT2D eigenvalue weighted by atomic mass is 16.4. The van der Waals surface area contributed by atoms with Gasteiger partial charge in [0.25, 0.3) is 0 Å². The number of hydrogen-bond donors (Lipinski definition) is 4. The van der Waals surface area contributed by atoms with E-state index in [-0.39, 0.29) is 6.61 Å². The molecule has 0 spiro atoms. The predicted molar refractivity (Wildman–Crippen MR) is 87.6 cm³/mol. The number of β-amino-alcohol motifs (C(OH)–C–C–N with tert-alkyl or cyclic N) is 1. The van der Waals surface area contributed by atoms with Crippen molar-refractivity contribution in [2.45, 2.75) is 77.2 Å². The lowest BCUT2D eigenvalue weighted by Crippen LogP contribution is -2.62. The second-order valence-corrected chi connectivity index (χ2v) is 7.13. The minimum absolute atomic E-state index is 0.201. The Balaban J connectivity index is 2.35. The van der Waals surface area contributed by atoms with Gasteiger partial charge in [0, 0.05) is 6.54 Å². The van der Waals surface area contributed by atoms with Crippen LogP contribution in [0.5, 0.6) is 0 Å². The zero-order chi connectivity index (χ0) is 16.7. The van der Waals surface area contributed by atoms with Crippen LogP contribution < -0.4 is 0 Å². The summed E-state index contributed by atoms with van der Waals surface area (Å²) in [6.07, 6.45) is 2.71. The van der Waals surface area contributed by atoms with Crippen molar-refractivity contribution < 1.29 is 20.4 Å². The van der Waals surface area contributed by atoms with Crippen LogP contribution in [-0.4, -0.2) is 69.4 Å². The van der Waals surface area contributed by atoms with Crippen LogP contribution >= 0.6 is 0 Å². The van der Waals surface area contributed by atoms with E-state index in [0.29, 0.717) is 12.5 Å². The summed E-state index contributed by atoms with van der Waals surface area (Å²) in [5, 5.41) is 38.9. The SMILES string of the molecule is CCC(C)CCC[C@@H](C)CCN1C[C@H](O)[C@@H](O)[C@H](O)[C@H]1CO. The smallest absolute Gasteiger partial charge is 0.109 e. The molecular weight excluding hydrogens is 282 g/mol. The first kappa shape index (κ1) is 19.8. The molecule has 5 nitrogen and oxygen atoms in total. The molecule has 0 radical (unpaired) electrons. The topological polar surface area (TPSA) is 84.2 Å². The van der Waals surface area contributed by atoms with E-state index in [0.717, 1.165) is 18.9 Å². The van der Waals surface area contributed by atoms with Gasteiger partial charge in [0.1, 0.15) is 12.2 Å². The number of rotatable bonds is 9. The van der Waals surface area contributed by atoms with Gasteiger partial charge in [-0.2, -0.15) is 0 Å². The highest BCUT2D eigenvalue weighted by Gasteiger charge is 2.40. The molecule has 1 unspecified atom stereocenters. The van der Waals surface area contributed by atoms with E-state index in [9.17, 15) is 20.4 Å². The monoisotopic (exact) mass is 317 g/mol. The number of piperidine rings is 1. The quantitative estimate of drug-likeness (QED) is 0.510. The number of nitrogens with zero attached hydrogens (tertiary/aromatic N) is 1. The molecule has 0 aromatic heterocycles. The maximum absolute atomic E-state index is 9.96. The number of aliphatic hydroxyl groups is 4. The fourth-order valence-corrected chi connectivity index (χ4v) is 3.18. The fourth-order valence-electron chi connectivity index (χ4n) is 3.18. The highest BCUT2D eigenvalue weighted by Crippen LogP contribution is 2.22. The second kappa shape index (κ2) is 9.83. The van der Waals surface area contributed by atoms with E-state index in [4.69, 9.17) is 0 Å². The van der Waals surface area contributed by atoms with E-state index in [1.807, 2.05) is 4.90 Å². The van der Waals surface area contributed by atoms with Crippen molar-refractivity contribution >= 4 is 0 Å². The van der Waals surface area contributed by atoms with Crippen LogP contribution in [-0.2, 0) is 0 Å². The van der Waals surface area contributed by atoms with Crippen LogP contribution in [0.3, 0.4) is 0 Å². The Labute approximate surface area is 135 Å². The first-order chi connectivity index (χ1) is 10.4. The normalized spacial score (nSPS) is 32.9. The predicted octanol–water partition coefficient (Wildman–Crippen LogP) is 0.988. The molecule has 0 saturated carbocycles. The van der Waals surface area contributed by atoms with Gasteiger partial charge in [0.2, 0.25) is 0 Å². The van der Waals surface area contributed by atoms with Crippen LogP contribution in [0.25, 0.3) is 0 Å². The van der Waals surface area contributed by atoms with Gasteiger partial charge in [0.15, 0.2) is 0 Å². The summed E-state index contributed by atoms with van der Waals surface area (Å²) in [6.45, 7) is 7.59. The van der Waals surface area contributed by atoms with Crippen molar-refractivity contribution in [3.8, 4) is 0 Å². The van der Waals surface area contributed by atoms with Crippen LogP contribution in [0.1, 0.15) is 52.9 Å². The third-order valence-corrected chi connectivity index (χ3v) is 5.22. The van der Waals surface area contributed by atoms with Gasteiger partial charge in [-0.25, -0.2) is 0 Å². The van der Waals surface area contributed by atoms with Crippen LogP contribution in [0.2, 0.25) is 0 Å². The Morgan fingerprint density at radius 1 is 1.00 bits per heavy atom. The Morgan fingerprint density at radius 2 is 1.64 bits per heavy atom.